The van der Waals surface area contributed by atoms with Crippen LogP contribution in [0.3, 0.4) is 0 Å². The van der Waals surface area contributed by atoms with Gasteiger partial charge in [-0.1, -0.05) is 0 Å². The Morgan fingerprint density at radius 1 is 0.700 bits per heavy atom. The van der Waals surface area contributed by atoms with Crippen molar-refractivity contribution >= 4 is 11.8 Å². The van der Waals surface area contributed by atoms with Gasteiger partial charge in [0.15, 0.2) is 23.0 Å². The summed E-state index contributed by atoms with van der Waals surface area (Å²) in [5, 5.41) is 0. The Bertz CT molecular complexity index is 941. The van der Waals surface area contributed by atoms with Gasteiger partial charge >= 0.3 is 0 Å². The quantitative estimate of drug-likeness (QED) is 0.757. The zero-order valence-electron chi connectivity index (χ0n) is 16.8. The van der Waals surface area contributed by atoms with Crippen LogP contribution in [0, 0.1) is 0 Å². The van der Waals surface area contributed by atoms with E-state index in [9.17, 15) is 9.59 Å². The van der Waals surface area contributed by atoms with Crippen LogP contribution in [0.1, 0.15) is 34.6 Å². The lowest BCUT2D eigenvalue weighted by atomic mass is 10.0. The molecule has 156 valence electrons. The topological polar surface area (TPSA) is 77.5 Å². The van der Waals surface area contributed by atoms with Crippen molar-refractivity contribution < 1.29 is 28.5 Å². The van der Waals surface area contributed by atoms with Crippen LogP contribution in [0.15, 0.2) is 36.4 Å². The van der Waals surface area contributed by atoms with Gasteiger partial charge in [0.1, 0.15) is 0 Å². The van der Waals surface area contributed by atoms with Crippen LogP contribution < -0.4 is 18.9 Å². The van der Waals surface area contributed by atoms with E-state index in [4.69, 9.17) is 18.9 Å². The summed E-state index contributed by atoms with van der Waals surface area (Å²) >= 11 is 0. The lowest BCUT2D eigenvalue weighted by Gasteiger charge is -2.44. The summed E-state index contributed by atoms with van der Waals surface area (Å²) in [6.45, 7) is 5.14. The molecule has 0 aliphatic carbocycles. The predicted octanol–water partition coefficient (Wildman–Crippen LogP) is 2.52. The third-order valence-electron chi connectivity index (χ3n) is 5.75. The number of carbonyl (C=O) groups excluding carboxylic acids is 2. The van der Waals surface area contributed by atoms with E-state index in [1.54, 1.807) is 36.4 Å². The average Bonchev–Trinajstić information content (AvgIpc) is 3.42. The van der Waals surface area contributed by atoms with E-state index in [1.165, 1.54) is 0 Å². The van der Waals surface area contributed by atoms with E-state index in [1.807, 2.05) is 23.6 Å². The van der Waals surface area contributed by atoms with Gasteiger partial charge in [-0.05, 0) is 50.2 Å². The highest BCUT2D eigenvalue weighted by molar-refractivity contribution is 5.97. The fourth-order valence-electron chi connectivity index (χ4n) is 4.08. The van der Waals surface area contributed by atoms with Crippen molar-refractivity contribution in [1.82, 2.24) is 9.80 Å². The summed E-state index contributed by atoms with van der Waals surface area (Å²) in [6.07, 6.45) is 0. The Balaban J connectivity index is 1.32. The van der Waals surface area contributed by atoms with Crippen LogP contribution in [0.25, 0.3) is 0 Å². The molecule has 2 aromatic rings. The van der Waals surface area contributed by atoms with Gasteiger partial charge in [-0.3, -0.25) is 9.59 Å². The van der Waals surface area contributed by atoms with E-state index >= 15 is 0 Å². The summed E-state index contributed by atoms with van der Waals surface area (Å²) in [6, 6.07) is 10.2. The van der Waals surface area contributed by atoms with E-state index in [0.29, 0.717) is 47.2 Å². The highest BCUT2D eigenvalue weighted by Gasteiger charge is 2.36. The van der Waals surface area contributed by atoms with Crippen molar-refractivity contribution in [3.63, 3.8) is 0 Å². The molecular weight excluding hydrogens is 388 g/mol. The zero-order chi connectivity index (χ0) is 20.8. The number of benzene rings is 2. The molecule has 0 unspecified atom stereocenters. The molecule has 0 radical (unpaired) electrons. The van der Waals surface area contributed by atoms with Crippen molar-refractivity contribution in [2.24, 2.45) is 0 Å². The normalized spacial score (nSPS) is 21.7. The molecule has 3 aliphatic rings. The second-order valence-corrected chi connectivity index (χ2v) is 7.75. The molecule has 3 heterocycles. The van der Waals surface area contributed by atoms with Gasteiger partial charge in [-0.15, -0.1) is 0 Å². The first kappa shape index (κ1) is 18.6. The van der Waals surface area contributed by atoms with E-state index in [2.05, 4.69) is 0 Å². The minimum absolute atomic E-state index is 0.0807. The highest BCUT2D eigenvalue weighted by Crippen LogP contribution is 2.34. The monoisotopic (exact) mass is 410 g/mol. The maximum Gasteiger partial charge on any atom is 0.254 e. The van der Waals surface area contributed by atoms with E-state index < -0.39 is 0 Å². The standard InChI is InChI=1S/C22H22N2O6/c1-13-9-24(22(26)16-4-6-18-20(8-16)30-12-28-18)14(2)10-23(13)21(25)15-3-5-17-19(7-15)29-11-27-17/h3-8,13-14H,9-12H2,1-2H3/t13-,14-/m1/s1. The first-order valence-corrected chi connectivity index (χ1v) is 9.92. The first-order chi connectivity index (χ1) is 14.5. The van der Waals surface area contributed by atoms with Crippen LogP contribution in [0.4, 0.5) is 0 Å². The van der Waals surface area contributed by atoms with Crippen molar-refractivity contribution in [2.75, 3.05) is 26.7 Å². The summed E-state index contributed by atoms with van der Waals surface area (Å²) in [4.78, 5) is 29.9. The number of hydrogen-bond acceptors (Lipinski definition) is 6. The summed E-state index contributed by atoms with van der Waals surface area (Å²) in [5.41, 5.74) is 1.10. The van der Waals surface area contributed by atoms with Crippen molar-refractivity contribution in [3.8, 4) is 23.0 Å². The zero-order valence-corrected chi connectivity index (χ0v) is 16.8. The molecule has 3 aliphatic heterocycles. The molecule has 8 nitrogen and oxygen atoms in total. The molecule has 2 atom stereocenters. The molecule has 2 amide bonds. The second kappa shape index (κ2) is 7.12. The number of amides is 2. The Morgan fingerprint density at radius 2 is 1.10 bits per heavy atom. The number of carbonyl (C=O) groups is 2. The van der Waals surface area contributed by atoms with Gasteiger partial charge in [0.2, 0.25) is 13.6 Å². The van der Waals surface area contributed by atoms with Gasteiger partial charge in [0, 0.05) is 36.3 Å². The fraction of sp³-hybridized carbons (Fsp3) is 0.364. The van der Waals surface area contributed by atoms with Crippen LogP contribution >= 0.6 is 0 Å². The minimum Gasteiger partial charge on any atom is -0.454 e. The van der Waals surface area contributed by atoms with Gasteiger partial charge in [-0.25, -0.2) is 0 Å². The Labute approximate surface area is 173 Å². The summed E-state index contributed by atoms with van der Waals surface area (Å²) in [5.74, 6) is 2.29. The first-order valence-electron chi connectivity index (χ1n) is 9.92. The van der Waals surface area contributed by atoms with Gasteiger partial charge in [0.05, 0.1) is 0 Å². The molecule has 30 heavy (non-hydrogen) atoms. The Morgan fingerprint density at radius 3 is 1.53 bits per heavy atom. The number of rotatable bonds is 2. The van der Waals surface area contributed by atoms with Crippen LogP contribution in [0.2, 0.25) is 0 Å². The van der Waals surface area contributed by atoms with Gasteiger partial charge in [-0.2, -0.15) is 0 Å². The summed E-state index contributed by atoms with van der Waals surface area (Å²) < 4.78 is 21.4. The minimum atomic E-state index is -0.128. The molecule has 0 N–H and O–H groups in total. The second-order valence-electron chi connectivity index (χ2n) is 7.75. The maximum atomic E-state index is 13.1. The van der Waals surface area contributed by atoms with E-state index in [0.717, 1.165) is 0 Å². The molecular formula is C22H22N2O6. The molecule has 5 rings (SSSR count). The Kier molecular flexibility index (Phi) is 4.42. The molecule has 1 saturated heterocycles. The number of hydrogen-bond donors (Lipinski definition) is 0. The molecule has 2 aromatic carbocycles. The van der Waals surface area contributed by atoms with Crippen molar-refractivity contribution in [3.05, 3.63) is 47.5 Å². The third-order valence-corrected chi connectivity index (χ3v) is 5.75. The van der Waals surface area contributed by atoms with Crippen LogP contribution in [-0.2, 0) is 0 Å². The van der Waals surface area contributed by atoms with Gasteiger partial charge in [0.25, 0.3) is 11.8 Å². The van der Waals surface area contributed by atoms with Crippen molar-refractivity contribution in [1.29, 1.82) is 0 Å². The van der Waals surface area contributed by atoms with Crippen LogP contribution in [0.5, 0.6) is 23.0 Å². The average molecular weight is 410 g/mol. The molecule has 0 saturated carbocycles. The SMILES string of the molecule is C[C@@H]1CN(C(=O)c2ccc3c(c2)OCO3)[C@H](C)CN1C(=O)c1ccc2c(c1)OCO2. The highest BCUT2D eigenvalue weighted by atomic mass is 16.7. The summed E-state index contributed by atoms with van der Waals surface area (Å²) in [7, 11) is 0. The van der Waals surface area contributed by atoms with Crippen LogP contribution in [-0.4, -0.2) is 60.4 Å². The number of piperazine rings is 1. The predicted molar refractivity (Wildman–Crippen MR) is 106 cm³/mol. The molecule has 1 fully saturated rings. The number of fused-ring (bicyclic) bond motifs is 2. The largest absolute Gasteiger partial charge is 0.454 e. The fourth-order valence-corrected chi connectivity index (χ4v) is 4.08. The number of nitrogens with zero attached hydrogens (tertiary/aromatic N) is 2. The van der Waals surface area contributed by atoms with Gasteiger partial charge < -0.3 is 28.7 Å². The van der Waals surface area contributed by atoms with E-state index in [-0.39, 0.29) is 37.5 Å². The lowest BCUT2D eigenvalue weighted by molar-refractivity contribution is 0.0270. The molecule has 0 spiro atoms. The molecule has 8 heteroatoms. The van der Waals surface area contributed by atoms with Crippen molar-refractivity contribution in [2.45, 2.75) is 25.9 Å². The molecule has 0 bridgehead atoms. The molecule has 0 aromatic heterocycles. The Hall–Kier alpha value is -3.42. The number of ether oxygens (including phenoxy) is 4. The third kappa shape index (κ3) is 3.08. The smallest absolute Gasteiger partial charge is 0.254 e. The lowest BCUT2D eigenvalue weighted by Crippen LogP contribution is -2.59. The maximum absolute atomic E-state index is 13.1.